The predicted octanol–water partition coefficient (Wildman–Crippen LogP) is 6.84. The SMILES string of the molecule is CC(C)(C)N1CC(C(=O)Nc2ccc(Cl)cc2)C(c2ccc3cc(C(=O)Nc4ccccc4N)sc3c2)C1. The van der Waals surface area contributed by atoms with Crippen LogP contribution >= 0.6 is 22.9 Å². The van der Waals surface area contributed by atoms with Gasteiger partial charge < -0.3 is 16.4 Å². The first kappa shape index (κ1) is 26.2. The number of hydrogen-bond acceptors (Lipinski definition) is 5. The van der Waals surface area contributed by atoms with Crippen molar-refractivity contribution in [1.29, 1.82) is 0 Å². The fraction of sp³-hybridized carbons (Fsp3) is 0.267. The van der Waals surface area contributed by atoms with Crippen LogP contribution in [0.4, 0.5) is 17.1 Å². The van der Waals surface area contributed by atoms with E-state index in [0.29, 0.717) is 27.8 Å². The Morgan fingerprint density at radius 1 is 0.974 bits per heavy atom. The first-order valence-electron chi connectivity index (χ1n) is 12.6. The monoisotopic (exact) mass is 546 g/mol. The summed E-state index contributed by atoms with van der Waals surface area (Å²) in [4.78, 5) is 29.4. The van der Waals surface area contributed by atoms with Gasteiger partial charge in [0, 0.05) is 40.0 Å². The molecule has 1 aromatic heterocycles. The van der Waals surface area contributed by atoms with Gasteiger partial charge in [-0.1, -0.05) is 35.9 Å². The summed E-state index contributed by atoms with van der Waals surface area (Å²) in [7, 11) is 0. The van der Waals surface area contributed by atoms with Crippen LogP contribution in [0.15, 0.2) is 72.8 Å². The number of fused-ring (bicyclic) bond motifs is 1. The number of carbonyl (C=O) groups excluding carboxylic acids is 2. The third-order valence-electron chi connectivity index (χ3n) is 7.12. The molecule has 3 aromatic carbocycles. The molecule has 8 heteroatoms. The van der Waals surface area contributed by atoms with Crippen LogP contribution < -0.4 is 16.4 Å². The van der Waals surface area contributed by atoms with Gasteiger partial charge in [-0.15, -0.1) is 11.3 Å². The zero-order valence-electron chi connectivity index (χ0n) is 21.6. The summed E-state index contributed by atoms with van der Waals surface area (Å²) in [5, 5.41) is 7.62. The highest BCUT2D eigenvalue weighted by atomic mass is 35.5. The van der Waals surface area contributed by atoms with Crippen molar-refractivity contribution in [1.82, 2.24) is 4.90 Å². The number of likely N-dealkylation sites (tertiary alicyclic amines) is 1. The summed E-state index contributed by atoms with van der Waals surface area (Å²) in [6.07, 6.45) is 0. The lowest BCUT2D eigenvalue weighted by molar-refractivity contribution is -0.120. The molecule has 2 unspecified atom stereocenters. The number of rotatable bonds is 5. The highest BCUT2D eigenvalue weighted by Crippen LogP contribution is 2.39. The highest BCUT2D eigenvalue weighted by molar-refractivity contribution is 7.20. The minimum atomic E-state index is -0.217. The van der Waals surface area contributed by atoms with Crippen molar-refractivity contribution in [2.75, 3.05) is 29.5 Å². The Hall–Kier alpha value is -3.39. The van der Waals surface area contributed by atoms with E-state index in [0.717, 1.165) is 27.9 Å². The molecule has 5 rings (SSSR count). The largest absolute Gasteiger partial charge is 0.397 e. The third kappa shape index (κ3) is 5.55. The van der Waals surface area contributed by atoms with E-state index in [9.17, 15) is 9.59 Å². The van der Waals surface area contributed by atoms with Crippen LogP contribution in [-0.2, 0) is 4.79 Å². The molecule has 0 spiro atoms. The zero-order chi connectivity index (χ0) is 27.0. The molecule has 38 heavy (non-hydrogen) atoms. The Labute approximate surface area is 231 Å². The Bertz CT molecular complexity index is 1490. The Morgan fingerprint density at radius 3 is 2.42 bits per heavy atom. The predicted molar refractivity (Wildman–Crippen MR) is 158 cm³/mol. The second kappa shape index (κ2) is 10.4. The number of nitrogens with zero attached hydrogens (tertiary/aromatic N) is 1. The maximum atomic E-state index is 13.5. The Kier molecular flexibility index (Phi) is 7.18. The van der Waals surface area contributed by atoms with Crippen molar-refractivity contribution in [3.63, 3.8) is 0 Å². The molecule has 2 amide bonds. The molecule has 2 atom stereocenters. The fourth-order valence-electron chi connectivity index (χ4n) is 4.91. The molecule has 2 heterocycles. The van der Waals surface area contributed by atoms with E-state index < -0.39 is 0 Å². The van der Waals surface area contributed by atoms with E-state index >= 15 is 0 Å². The van der Waals surface area contributed by atoms with Crippen molar-refractivity contribution in [2.45, 2.75) is 32.2 Å². The number of benzene rings is 3. The molecule has 0 radical (unpaired) electrons. The van der Waals surface area contributed by atoms with Crippen molar-refractivity contribution >= 4 is 61.9 Å². The molecular weight excluding hydrogens is 516 g/mol. The smallest absolute Gasteiger partial charge is 0.265 e. The van der Waals surface area contributed by atoms with E-state index in [2.05, 4.69) is 48.4 Å². The molecular formula is C30H31ClN4O2S. The topological polar surface area (TPSA) is 87.5 Å². The lowest BCUT2D eigenvalue weighted by Crippen LogP contribution is -2.40. The van der Waals surface area contributed by atoms with Gasteiger partial charge in [0.1, 0.15) is 0 Å². The normalized spacial score (nSPS) is 18.0. The molecule has 0 saturated carbocycles. The van der Waals surface area contributed by atoms with E-state index in [-0.39, 0.29) is 29.2 Å². The minimum Gasteiger partial charge on any atom is -0.397 e. The number of nitrogens with two attached hydrogens (primary N) is 1. The number of amides is 2. The van der Waals surface area contributed by atoms with Crippen molar-refractivity contribution in [3.05, 3.63) is 88.3 Å². The van der Waals surface area contributed by atoms with Crippen LogP contribution in [0, 0.1) is 5.92 Å². The molecule has 4 aromatic rings. The molecule has 196 valence electrons. The standard InChI is InChI=1S/C30H31ClN4O2S/c1-30(2,3)35-16-22(23(17-35)28(36)33-21-12-10-20(31)11-13-21)18-8-9-19-15-27(38-26(19)14-18)29(37)34-25-7-5-4-6-24(25)32/h4-15,22-23H,16-17,32H2,1-3H3,(H,33,36)(H,34,37). The molecule has 1 fully saturated rings. The number of nitrogen functional groups attached to an aromatic ring is 1. The average Bonchev–Trinajstić information content (AvgIpc) is 3.51. The van der Waals surface area contributed by atoms with Gasteiger partial charge in [-0.05, 0) is 80.3 Å². The molecule has 4 N–H and O–H groups in total. The quantitative estimate of drug-likeness (QED) is 0.239. The van der Waals surface area contributed by atoms with Gasteiger partial charge in [0.05, 0.1) is 22.2 Å². The number of anilines is 3. The van der Waals surface area contributed by atoms with Gasteiger partial charge in [0.2, 0.25) is 5.91 Å². The number of nitrogens with one attached hydrogen (secondary N) is 2. The summed E-state index contributed by atoms with van der Waals surface area (Å²) in [5.41, 5.74) is 8.88. The minimum absolute atomic E-state index is 0.00383. The molecule has 1 aliphatic rings. The number of thiophene rings is 1. The van der Waals surface area contributed by atoms with Crippen molar-refractivity contribution in [3.8, 4) is 0 Å². The summed E-state index contributed by atoms with van der Waals surface area (Å²) >= 11 is 7.46. The Morgan fingerprint density at radius 2 is 1.71 bits per heavy atom. The van der Waals surface area contributed by atoms with Gasteiger partial charge in [-0.25, -0.2) is 0 Å². The summed E-state index contributed by atoms with van der Waals surface area (Å²) in [5.74, 6) is -0.387. The lowest BCUT2D eigenvalue weighted by Gasteiger charge is -2.31. The van der Waals surface area contributed by atoms with Crippen LogP contribution in [0.3, 0.4) is 0 Å². The lowest BCUT2D eigenvalue weighted by atomic mass is 9.88. The molecule has 6 nitrogen and oxygen atoms in total. The summed E-state index contributed by atoms with van der Waals surface area (Å²) in [6, 6.07) is 22.6. The maximum absolute atomic E-state index is 13.5. The van der Waals surface area contributed by atoms with E-state index in [1.165, 1.54) is 11.3 Å². The van der Waals surface area contributed by atoms with Crippen LogP contribution in [0.2, 0.25) is 5.02 Å². The van der Waals surface area contributed by atoms with E-state index in [1.807, 2.05) is 36.4 Å². The number of para-hydroxylation sites is 2. The first-order chi connectivity index (χ1) is 18.1. The number of hydrogen-bond donors (Lipinski definition) is 3. The summed E-state index contributed by atoms with van der Waals surface area (Å²) in [6.45, 7) is 7.98. The molecule has 0 aliphatic carbocycles. The van der Waals surface area contributed by atoms with Gasteiger partial charge in [-0.2, -0.15) is 0 Å². The van der Waals surface area contributed by atoms with Gasteiger partial charge in [0.25, 0.3) is 5.91 Å². The van der Waals surface area contributed by atoms with Gasteiger partial charge >= 0.3 is 0 Å². The first-order valence-corrected chi connectivity index (χ1v) is 13.8. The van der Waals surface area contributed by atoms with Crippen molar-refractivity contribution in [2.24, 2.45) is 5.92 Å². The second-order valence-corrected chi connectivity index (χ2v) is 12.3. The zero-order valence-corrected chi connectivity index (χ0v) is 23.2. The Balaban J connectivity index is 1.41. The highest BCUT2D eigenvalue weighted by Gasteiger charge is 2.42. The van der Waals surface area contributed by atoms with Crippen molar-refractivity contribution < 1.29 is 9.59 Å². The molecule has 1 aliphatic heterocycles. The van der Waals surface area contributed by atoms with Crippen LogP contribution in [-0.4, -0.2) is 35.3 Å². The third-order valence-corrected chi connectivity index (χ3v) is 8.47. The number of halogens is 1. The van der Waals surface area contributed by atoms with Gasteiger partial charge in [-0.3, -0.25) is 14.5 Å². The van der Waals surface area contributed by atoms with E-state index in [1.54, 1.807) is 24.3 Å². The van der Waals surface area contributed by atoms with Crippen LogP contribution in [0.1, 0.15) is 41.9 Å². The van der Waals surface area contributed by atoms with Crippen LogP contribution in [0.25, 0.3) is 10.1 Å². The van der Waals surface area contributed by atoms with Gasteiger partial charge in [0.15, 0.2) is 0 Å². The average molecular weight is 547 g/mol. The number of carbonyl (C=O) groups is 2. The summed E-state index contributed by atoms with van der Waals surface area (Å²) < 4.78 is 1.01. The fourth-order valence-corrected chi connectivity index (χ4v) is 6.04. The molecule has 1 saturated heterocycles. The second-order valence-electron chi connectivity index (χ2n) is 10.7. The van der Waals surface area contributed by atoms with E-state index in [4.69, 9.17) is 17.3 Å². The molecule has 0 bridgehead atoms. The maximum Gasteiger partial charge on any atom is 0.265 e. The van der Waals surface area contributed by atoms with Crippen LogP contribution in [0.5, 0.6) is 0 Å².